The molecule has 1 aromatic carbocycles. The van der Waals surface area contributed by atoms with Crippen LogP contribution in [0.3, 0.4) is 0 Å². The molecule has 3 heterocycles. The number of ether oxygens (including phenoxy) is 2. The minimum absolute atomic E-state index is 0.169. The number of hydrogen-bond acceptors (Lipinski definition) is 8. The molecule has 1 fully saturated rings. The third kappa shape index (κ3) is 3.96. The van der Waals surface area contributed by atoms with Crippen LogP contribution in [0, 0.1) is 11.8 Å². The molecule has 2 aromatic rings. The summed E-state index contributed by atoms with van der Waals surface area (Å²) in [5, 5.41) is 6.09. The van der Waals surface area contributed by atoms with Crippen molar-refractivity contribution in [3.8, 4) is 0 Å². The number of rotatable bonds is 7. The zero-order valence-electron chi connectivity index (χ0n) is 18.7. The smallest absolute Gasteiger partial charge is 0.309 e. The van der Waals surface area contributed by atoms with Gasteiger partial charge in [-0.25, -0.2) is 4.39 Å². The van der Waals surface area contributed by atoms with Gasteiger partial charge in [0.1, 0.15) is 5.71 Å². The molecular weight excluding hydrogens is 431 g/mol. The average molecular weight is 456 g/mol. The van der Waals surface area contributed by atoms with Crippen molar-refractivity contribution in [2.75, 3.05) is 6.67 Å². The molecule has 33 heavy (non-hydrogen) atoms. The summed E-state index contributed by atoms with van der Waals surface area (Å²) in [6, 6.07) is 9.59. The van der Waals surface area contributed by atoms with Crippen molar-refractivity contribution >= 4 is 34.2 Å². The molecule has 174 valence electrons. The van der Waals surface area contributed by atoms with E-state index in [1.54, 1.807) is 6.20 Å². The van der Waals surface area contributed by atoms with Crippen LogP contribution in [-0.4, -0.2) is 46.5 Å². The number of aromatic nitrogens is 1. The van der Waals surface area contributed by atoms with E-state index in [2.05, 4.69) is 10.1 Å². The van der Waals surface area contributed by atoms with Crippen LogP contribution in [-0.2, 0) is 28.7 Å². The van der Waals surface area contributed by atoms with Gasteiger partial charge in [-0.1, -0.05) is 43.3 Å². The van der Waals surface area contributed by atoms with Gasteiger partial charge in [-0.2, -0.15) is 0 Å². The lowest BCUT2D eigenvalue weighted by Crippen LogP contribution is -2.48. The molecule has 0 saturated carbocycles. The van der Waals surface area contributed by atoms with E-state index in [1.807, 2.05) is 44.2 Å². The minimum Gasteiger partial charge on any atom is -0.419 e. The minimum atomic E-state index is -2.10. The normalized spacial score (nSPS) is 26.8. The summed E-state index contributed by atoms with van der Waals surface area (Å²) in [7, 11) is 0. The molecule has 1 saturated heterocycles. The molecule has 0 aliphatic carbocycles. The molecule has 1 aromatic heterocycles. The summed E-state index contributed by atoms with van der Waals surface area (Å²) in [6.07, 6.45) is 1.33. The van der Waals surface area contributed by atoms with Gasteiger partial charge in [-0.15, -0.1) is 0 Å². The monoisotopic (exact) mass is 456 g/mol. The summed E-state index contributed by atoms with van der Waals surface area (Å²) in [6.45, 7) is 3.51. The molecule has 2 aliphatic rings. The van der Waals surface area contributed by atoms with Gasteiger partial charge in [0, 0.05) is 37.3 Å². The zero-order chi connectivity index (χ0) is 23.8. The van der Waals surface area contributed by atoms with E-state index in [0.717, 1.165) is 17.7 Å². The summed E-state index contributed by atoms with van der Waals surface area (Å²) >= 11 is 0. The quantitative estimate of drug-likeness (QED) is 0.587. The van der Waals surface area contributed by atoms with Gasteiger partial charge in [0.25, 0.3) is 5.79 Å². The van der Waals surface area contributed by atoms with Crippen LogP contribution in [0.4, 0.5) is 4.39 Å². The molecule has 2 aliphatic heterocycles. The number of ketones is 1. The second kappa shape index (κ2) is 8.53. The number of fused-ring (bicyclic) bond motifs is 1. The second-order valence-corrected chi connectivity index (χ2v) is 8.77. The first kappa shape index (κ1) is 22.8. The van der Waals surface area contributed by atoms with Gasteiger partial charge in [0.2, 0.25) is 5.60 Å². The molecular formula is C24H25FN2O6. The van der Waals surface area contributed by atoms with Crippen molar-refractivity contribution < 1.29 is 33.1 Å². The fourth-order valence-corrected chi connectivity index (χ4v) is 4.52. The first-order chi connectivity index (χ1) is 15.7. The summed E-state index contributed by atoms with van der Waals surface area (Å²) in [5.41, 5.74) is -0.164. The van der Waals surface area contributed by atoms with E-state index in [1.165, 1.54) is 0 Å². The van der Waals surface area contributed by atoms with Gasteiger partial charge < -0.3 is 14.3 Å². The molecule has 3 atom stereocenters. The number of carbonyl (C=O) groups excluding carboxylic acids is 3. The van der Waals surface area contributed by atoms with Crippen molar-refractivity contribution in [2.24, 2.45) is 17.0 Å². The number of Topliss-reactive ketones (excluding diaryl/α,β-unsaturated/α-hetero) is 1. The van der Waals surface area contributed by atoms with Crippen LogP contribution in [0.2, 0.25) is 0 Å². The van der Waals surface area contributed by atoms with E-state index in [9.17, 15) is 18.8 Å². The fraction of sp³-hybridized carbons (Fsp3) is 0.458. The topological polar surface area (TPSA) is 104 Å². The SMILES string of the molecule is CC(=O)O[C@]1(CF)OC(=O)C[C@@H]1CC(=O)[C@]1(C(C)C)CC(c2nccc3ccccc23)=NO1. The van der Waals surface area contributed by atoms with E-state index in [-0.39, 0.29) is 31.0 Å². The highest BCUT2D eigenvalue weighted by Crippen LogP contribution is 2.42. The van der Waals surface area contributed by atoms with Crippen LogP contribution in [0.15, 0.2) is 41.7 Å². The predicted octanol–water partition coefficient (Wildman–Crippen LogP) is 3.51. The number of halogens is 1. The molecule has 0 N–H and O–H groups in total. The van der Waals surface area contributed by atoms with Crippen LogP contribution >= 0.6 is 0 Å². The number of hydrogen-bond donors (Lipinski definition) is 0. The number of oxime groups is 1. The third-order valence-electron chi connectivity index (χ3n) is 6.36. The number of pyridine rings is 1. The zero-order valence-corrected chi connectivity index (χ0v) is 18.7. The van der Waals surface area contributed by atoms with Gasteiger partial charge in [0.05, 0.1) is 18.0 Å². The molecule has 4 rings (SSSR count). The van der Waals surface area contributed by atoms with Crippen LogP contribution in [0.25, 0.3) is 10.8 Å². The Morgan fingerprint density at radius 1 is 1.27 bits per heavy atom. The molecule has 0 spiro atoms. The molecule has 9 heteroatoms. The third-order valence-corrected chi connectivity index (χ3v) is 6.36. The highest BCUT2D eigenvalue weighted by molar-refractivity contribution is 6.12. The Morgan fingerprint density at radius 2 is 2.03 bits per heavy atom. The van der Waals surface area contributed by atoms with Crippen molar-refractivity contribution in [2.45, 2.75) is 51.4 Å². The maximum atomic E-state index is 13.9. The maximum Gasteiger partial charge on any atom is 0.309 e. The van der Waals surface area contributed by atoms with Gasteiger partial charge in [-0.3, -0.25) is 19.4 Å². The standard InChI is InChI=1S/C24H25FN2O6/c1-14(2)23(20(29)10-17-11-21(30)32-24(17,13-25)31-15(3)28)12-19(27-33-23)22-18-7-5-4-6-16(18)8-9-26-22/h4-9,14,17H,10-13H2,1-3H3/t17-,23+,24+/m0/s1. The number of alkyl halides is 1. The lowest BCUT2D eigenvalue weighted by molar-refractivity contribution is -0.231. The van der Waals surface area contributed by atoms with Crippen LogP contribution in [0.1, 0.15) is 45.7 Å². The Labute approximate surface area is 190 Å². The Bertz CT molecular complexity index is 1140. The molecule has 0 unspecified atom stereocenters. The first-order valence-corrected chi connectivity index (χ1v) is 10.8. The second-order valence-electron chi connectivity index (χ2n) is 8.77. The number of carbonyl (C=O) groups is 3. The largest absolute Gasteiger partial charge is 0.419 e. The van der Waals surface area contributed by atoms with Gasteiger partial charge in [-0.05, 0) is 11.5 Å². The first-order valence-electron chi connectivity index (χ1n) is 10.8. The van der Waals surface area contributed by atoms with Crippen molar-refractivity contribution in [3.63, 3.8) is 0 Å². The van der Waals surface area contributed by atoms with E-state index in [0.29, 0.717) is 11.4 Å². The van der Waals surface area contributed by atoms with E-state index < -0.39 is 35.9 Å². The molecule has 0 bridgehead atoms. The molecule has 0 amide bonds. The Morgan fingerprint density at radius 3 is 2.73 bits per heavy atom. The summed E-state index contributed by atoms with van der Waals surface area (Å²) in [5.74, 6) is -5.25. The summed E-state index contributed by atoms with van der Waals surface area (Å²) < 4.78 is 24.0. The highest BCUT2D eigenvalue weighted by atomic mass is 19.1. The predicted molar refractivity (Wildman–Crippen MR) is 116 cm³/mol. The lowest BCUT2D eigenvalue weighted by atomic mass is 9.77. The number of cyclic esters (lactones) is 1. The van der Waals surface area contributed by atoms with Crippen molar-refractivity contribution in [1.29, 1.82) is 0 Å². The molecule has 8 nitrogen and oxygen atoms in total. The van der Waals surface area contributed by atoms with E-state index in [4.69, 9.17) is 14.3 Å². The number of nitrogens with zero attached hydrogens (tertiary/aromatic N) is 2. The Kier molecular flexibility index (Phi) is 5.90. The number of esters is 2. The maximum absolute atomic E-state index is 13.9. The Hall–Kier alpha value is -3.36. The van der Waals surface area contributed by atoms with Crippen molar-refractivity contribution in [3.05, 3.63) is 42.2 Å². The van der Waals surface area contributed by atoms with Gasteiger partial charge >= 0.3 is 11.9 Å². The Balaban J connectivity index is 1.61. The summed E-state index contributed by atoms with van der Waals surface area (Å²) in [4.78, 5) is 47.2. The number of benzene rings is 1. The van der Waals surface area contributed by atoms with E-state index >= 15 is 0 Å². The highest BCUT2D eigenvalue weighted by Gasteiger charge is 2.57. The van der Waals surface area contributed by atoms with Gasteiger partial charge in [0.15, 0.2) is 12.5 Å². The van der Waals surface area contributed by atoms with Crippen LogP contribution < -0.4 is 0 Å². The fourth-order valence-electron chi connectivity index (χ4n) is 4.52. The van der Waals surface area contributed by atoms with Crippen LogP contribution in [0.5, 0.6) is 0 Å². The lowest BCUT2D eigenvalue weighted by Gasteiger charge is -2.33. The average Bonchev–Trinajstić information content (AvgIpc) is 3.36. The molecule has 0 radical (unpaired) electrons. The van der Waals surface area contributed by atoms with Crippen molar-refractivity contribution in [1.82, 2.24) is 4.98 Å².